The van der Waals surface area contributed by atoms with Gasteiger partial charge in [-0.05, 0) is 43.7 Å². The molecule has 2 unspecified atom stereocenters. The number of nitrogens with one attached hydrogen (secondary N) is 3. The molecule has 0 aliphatic rings. The van der Waals surface area contributed by atoms with Crippen molar-refractivity contribution in [3.05, 3.63) is 70.8 Å². The fourth-order valence-corrected chi connectivity index (χ4v) is 3.66. The topological polar surface area (TPSA) is 94.5 Å². The second-order valence-electron chi connectivity index (χ2n) is 6.29. The molecular formula is C18H19F2N5OS. The zero-order valence-corrected chi connectivity index (χ0v) is 15.8. The Hall–Kier alpha value is -2.81. The van der Waals surface area contributed by atoms with Crippen LogP contribution in [0.1, 0.15) is 28.8 Å². The van der Waals surface area contributed by atoms with Gasteiger partial charge in [0.05, 0.1) is 15.4 Å². The van der Waals surface area contributed by atoms with Crippen molar-refractivity contribution >= 4 is 15.5 Å². The molecule has 2 heterocycles. The van der Waals surface area contributed by atoms with E-state index < -0.39 is 27.4 Å². The lowest BCUT2D eigenvalue weighted by molar-refractivity contribution is 0.609. The van der Waals surface area contributed by atoms with Crippen LogP contribution >= 0.6 is 0 Å². The molecule has 9 heteroatoms. The van der Waals surface area contributed by atoms with Crippen molar-refractivity contribution in [2.24, 2.45) is 0 Å². The number of hydrogen-bond acceptors (Lipinski definition) is 5. The zero-order valence-electron chi connectivity index (χ0n) is 15.0. The summed E-state index contributed by atoms with van der Waals surface area (Å²) in [5, 5.41) is 3.25. The average Bonchev–Trinajstić information content (AvgIpc) is 2.97. The van der Waals surface area contributed by atoms with E-state index in [1.54, 1.807) is 26.0 Å². The van der Waals surface area contributed by atoms with Crippen molar-refractivity contribution in [2.75, 3.05) is 11.6 Å². The largest absolute Gasteiger partial charge is 0.356 e. The Labute approximate surface area is 156 Å². The average molecular weight is 391 g/mol. The number of benzene rings is 1. The lowest BCUT2D eigenvalue weighted by Gasteiger charge is -2.18. The van der Waals surface area contributed by atoms with Gasteiger partial charge in [-0.2, -0.15) is 0 Å². The van der Waals surface area contributed by atoms with Gasteiger partial charge in [0, 0.05) is 11.9 Å². The summed E-state index contributed by atoms with van der Waals surface area (Å²) < 4.78 is 47.2. The second kappa shape index (κ2) is 7.07. The monoisotopic (exact) mass is 391 g/mol. The molecule has 3 N–H and O–H groups in total. The van der Waals surface area contributed by atoms with Crippen molar-refractivity contribution in [1.29, 1.82) is 4.78 Å². The van der Waals surface area contributed by atoms with Crippen LogP contribution in [0.25, 0.3) is 0 Å². The first-order chi connectivity index (χ1) is 12.6. The van der Waals surface area contributed by atoms with Crippen molar-refractivity contribution in [2.45, 2.75) is 24.9 Å². The smallest absolute Gasteiger partial charge is 0.156 e. The molecule has 142 valence electrons. The summed E-state index contributed by atoms with van der Waals surface area (Å²) in [7, 11) is -3.03. The third-order valence-corrected chi connectivity index (χ3v) is 5.13. The van der Waals surface area contributed by atoms with Crippen molar-refractivity contribution < 1.29 is 13.0 Å². The van der Waals surface area contributed by atoms with E-state index in [4.69, 9.17) is 4.78 Å². The summed E-state index contributed by atoms with van der Waals surface area (Å²) >= 11 is 0. The Morgan fingerprint density at radius 1 is 1.19 bits per heavy atom. The van der Waals surface area contributed by atoms with Gasteiger partial charge >= 0.3 is 0 Å². The van der Waals surface area contributed by atoms with Crippen molar-refractivity contribution in [3.8, 4) is 0 Å². The Bertz CT molecular complexity index is 1090. The number of hydrogen-bond donors (Lipinski definition) is 3. The van der Waals surface area contributed by atoms with Gasteiger partial charge in [0.25, 0.3) is 0 Å². The minimum atomic E-state index is -3.03. The number of aromatic nitrogens is 3. The van der Waals surface area contributed by atoms with E-state index in [0.717, 1.165) is 0 Å². The Morgan fingerprint density at radius 2 is 1.93 bits per heavy atom. The number of nitrogens with zero attached hydrogens (tertiary/aromatic N) is 2. The molecule has 6 nitrogen and oxygen atoms in total. The normalized spacial score (nSPS) is 14.6. The van der Waals surface area contributed by atoms with Crippen molar-refractivity contribution in [3.63, 3.8) is 0 Å². The summed E-state index contributed by atoms with van der Waals surface area (Å²) in [6, 6.07) is 8.03. The maximum atomic E-state index is 13.8. The molecule has 0 aliphatic heterocycles. The Balaban J connectivity index is 2.09. The molecule has 0 spiro atoms. The molecule has 0 saturated heterocycles. The van der Waals surface area contributed by atoms with E-state index in [9.17, 15) is 13.0 Å². The minimum absolute atomic E-state index is 0.143. The predicted octanol–water partition coefficient (Wildman–Crippen LogP) is 3.94. The van der Waals surface area contributed by atoms with E-state index >= 15 is 0 Å². The maximum absolute atomic E-state index is 13.8. The van der Waals surface area contributed by atoms with Gasteiger partial charge in [0.2, 0.25) is 0 Å². The molecule has 0 bridgehead atoms. The molecule has 0 saturated carbocycles. The number of imidazole rings is 1. The van der Waals surface area contributed by atoms with E-state index in [2.05, 4.69) is 20.3 Å². The van der Waals surface area contributed by atoms with Crippen LogP contribution < -0.4 is 5.32 Å². The lowest BCUT2D eigenvalue weighted by atomic mass is 10.1. The predicted molar refractivity (Wildman–Crippen MR) is 99.2 cm³/mol. The molecule has 0 amide bonds. The van der Waals surface area contributed by atoms with Crippen LogP contribution in [0.2, 0.25) is 0 Å². The van der Waals surface area contributed by atoms with Crippen LogP contribution in [0.5, 0.6) is 0 Å². The first-order valence-electron chi connectivity index (χ1n) is 8.10. The summed E-state index contributed by atoms with van der Waals surface area (Å²) in [5.41, 5.74) is 1.27. The summed E-state index contributed by atoms with van der Waals surface area (Å²) in [6.45, 7) is 3.21. The molecule has 2 atom stereocenters. The first-order valence-corrected chi connectivity index (χ1v) is 10.1. The highest BCUT2D eigenvalue weighted by Gasteiger charge is 2.23. The zero-order chi connectivity index (χ0) is 19.8. The number of H-pyrrole nitrogens is 1. The van der Waals surface area contributed by atoms with Crippen LogP contribution in [-0.2, 0) is 9.73 Å². The van der Waals surface area contributed by atoms with Crippen LogP contribution in [0.15, 0.2) is 41.4 Å². The number of anilines is 1. The van der Waals surface area contributed by atoms with Crippen LogP contribution in [-0.4, -0.2) is 25.4 Å². The fourth-order valence-electron chi connectivity index (χ4n) is 2.75. The van der Waals surface area contributed by atoms with Gasteiger partial charge in [-0.15, -0.1) is 0 Å². The van der Waals surface area contributed by atoms with Gasteiger partial charge < -0.3 is 10.3 Å². The SMILES string of the molecule is Cc1nc(NC(c2cccc(F)c2)c2nc(S(C)(=N)=O)c(C)[nH]2)ccc1F. The number of halogens is 2. The number of rotatable bonds is 5. The van der Waals surface area contributed by atoms with Gasteiger partial charge in [-0.3, -0.25) is 0 Å². The Kier molecular flexibility index (Phi) is 4.97. The fraction of sp³-hybridized carbons (Fsp3) is 0.222. The highest BCUT2D eigenvalue weighted by molar-refractivity contribution is 7.91. The van der Waals surface area contributed by atoms with E-state index in [-0.39, 0.29) is 10.7 Å². The molecular weight excluding hydrogens is 372 g/mol. The number of pyridine rings is 1. The molecule has 0 radical (unpaired) electrons. The van der Waals surface area contributed by atoms with Crippen LogP contribution in [0, 0.1) is 30.3 Å². The summed E-state index contributed by atoms with van der Waals surface area (Å²) in [4.78, 5) is 11.5. The lowest BCUT2D eigenvalue weighted by Crippen LogP contribution is -2.16. The maximum Gasteiger partial charge on any atom is 0.156 e. The second-order valence-corrected chi connectivity index (χ2v) is 8.37. The molecule has 2 aromatic heterocycles. The molecule has 27 heavy (non-hydrogen) atoms. The Morgan fingerprint density at radius 3 is 2.52 bits per heavy atom. The highest BCUT2D eigenvalue weighted by atomic mass is 32.2. The van der Waals surface area contributed by atoms with Gasteiger partial charge in [0.15, 0.2) is 5.03 Å². The third-order valence-electron chi connectivity index (χ3n) is 4.00. The minimum Gasteiger partial charge on any atom is -0.356 e. The standard InChI is InChI=1S/C18H19F2N5OS/c1-10-14(20)7-8-15(22-10)24-16(12-5-4-6-13(19)9-12)17-23-11(2)18(25-17)27(3,21)26/h4-9,16,21H,1-3H3,(H,22,24)(H,23,25). The van der Waals surface area contributed by atoms with Crippen LogP contribution in [0.3, 0.4) is 0 Å². The van der Waals surface area contributed by atoms with Gasteiger partial charge in [-0.25, -0.2) is 27.7 Å². The molecule has 0 aliphatic carbocycles. The molecule has 3 rings (SSSR count). The molecule has 1 aromatic carbocycles. The third kappa shape index (κ3) is 4.13. The summed E-state index contributed by atoms with van der Waals surface area (Å²) in [5.74, 6) is -0.120. The van der Waals surface area contributed by atoms with Crippen LogP contribution in [0.4, 0.5) is 14.6 Å². The van der Waals surface area contributed by atoms with E-state index in [1.165, 1.54) is 30.5 Å². The van der Waals surface area contributed by atoms with E-state index in [0.29, 0.717) is 22.9 Å². The number of aryl methyl sites for hydroxylation is 2. The highest BCUT2D eigenvalue weighted by Crippen LogP contribution is 2.27. The van der Waals surface area contributed by atoms with Gasteiger partial charge in [-0.1, -0.05) is 12.1 Å². The van der Waals surface area contributed by atoms with Gasteiger partial charge in [0.1, 0.15) is 29.3 Å². The first kappa shape index (κ1) is 19.0. The number of aromatic amines is 1. The molecule has 0 fully saturated rings. The molecule has 3 aromatic rings. The summed E-state index contributed by atoms with van der Waals surface area (Å²) in [6.07, 6.45) is 1.29. The van der Waals surface area contributed by atoms with E-state index in [1.807, 2.05) is 0 Å². The quantitative estimate of drug-likeness (QED) is 0.614. The van der Waals surface area contributed by atoms with Crippen molar-refractivity contribution in [1.82, 2.24) is 15.0 Å².